The average molecular weight is 192 g/mol. The Morgan fingerprint density at radius 2 is 2.00 bits per heavy atom. The van der Waals surface area contributed by atoms with Gasteiger partial charge in [-0.2, -0.15) is 0 Å². The lowest BCUT2D eigenvalue weighted by molar-refractivity contribution is 0.295. The van der Waals surface area contributed by atoms with E-state index in [0.717, 1.165) is 19.3 Å². The highest BCUT2D eigenvalue weighted by Crippen LogP contribution is 2.11. The van der Waals surface area contributed by atoms with Crippen molar-refractivity contribution in [3.8, 4) is 0 Å². The van der Waals surface area contributed by atoms with Crippen molar-refractivity contribution in [3.05, 3.63) is 0 Å². The van der Waals surface area contributed by atoms with Gasteiger partial charge in [-0.3, -0.25) is 4.21 Å². The lowest BCUT2D eigenvalue weighted by Gasteiger charge is -2.30. The van der Waals surface area contributed by atoms with Crippen LogP contribution in [0.1, 0.15) is 40.0 Å². The van der Waals surface area contributed by atoms with Gasteiger partial charge < -0.3 is 4.55 Å². The minimum absolute atomic E-state index is 0.193. The van der Waals surface area contributed by atoms with Crippen molar-refractivity contribution in [1.29, 1.82) is 0 Å². The van der Waals surface area contributed by atoms with Crippen LogP contribution in [-0.4, -0.2) is 25.7 Å². The Morgan fingerprint density at radius 3 is 2.25 bits per heavy atom. The molecule has 74 valence electrons. The summed E-state index contributed by atoms with van der Waals surface area (Å²) in [6.45, 7) is 6.54. The first-order valence-corrected chi connectivity index (χ1v) is 5.56. The van der Waals surface area contributed by atoms with Crippen LogP contribution in [-0.2, 0) is 11.3 Å². The van der Waals surface area contributed by atoms with Gasteiger partial charge in [0.15, 0.2) is 0 Å². The lowest BCUT2D eigenvalue weighted by Crippen LogP contribution is -2.36. The summed E-state index contributed by atoms with van der Waals surface area (Å²) in [5, 5.41) is 0. The molecule has 0 saturated heterocycles. The molecular formula is C8H18NO2S-. The molecule has 0 aromatic heterocycles. The number of hydrogen-bond acceptors (Lipinski definition) is 2. The Kier molecular flexibility index (Phi) is 6.61. The summed E-state index contributed by atoms with van der Waals surface area (Å²) in [6.07, 6.45) is 2.89. The number of rotatable bonds is 6. The van der Waals surface area contributed by atoms with E-state index in [-0.39, 0.29) is 6.04 Å². The maximum absolute atomic E-state index is 10.7. The van der Waals surface area contributed by atoms with E-state index in [4.69, 9.17) is 0 Å². The van der Waals surface area contributed by atoms with Gasteiger partial charge in [-0.25, -0.2) is 4.31 Å². The molecule has 3 nitrogen and oxygen atoms in total. The summed E-state index contributed by atoms with van der Waals surface area (Å²) in [4.78, 5) is 0. The van der Waals surface area contributed by atoms with Gasteiger partial charge in [0.25, 0.3) is 0 Å². The number of hydrogen-bond donors (Lipinski definition) is 0. The molecule has 0 spiro atoms. The molecule has 2 unspecified atom stereocenters. The van der Waals surface area contributed by atoms with Gasteiger partial charge in [0.1, 0.15) is 0 Å². The van der Waals surface area contributed by atoms with Gasteiger partial charge >= 0.3 is 0 Å². The van der Waals surface area contributed by atoms with Crippen LogP contribution in [0.3, 0.4) is 0 Å². The van der Waals surface area contributed by atoms with E-state index in [2.05, 4.69) is 6.92 Å². The second-order valence-corrected chi connectivity index (χ2v) is 3.70. The molecule has 0 fully saturated rings. The van der Waals surface area contributed by atoms with E-state index >= 15 is 0 Å². The minimum Gasteiger partial charge on any atom is -0.760 e. The Hall–Kier alpha value is 0.0700. The summed E-state index contributed by atoms with van der Waals surface area (Å²) >= 11 is -2.05. The SMILES string of the molecule is CCCC(CC)N(CC)S(=O)[O-]. The molecule has 0 heterocycles. The summed E-state index contributed by atoms with van der Waals surface area (Å²) in [5.41, 5.74) is 0. The molecule has 0 rings (SSSR count). The fourth-order valence-electron chi connectivity index (χ4n) is 1.37. The summed E-state index contributed by atoms with van der Waals surface area (Å²) in [7, 11) is 0. The Morgan fingerprint density at radius 1 is 1.42 bits per heavy atom. The topological polar surface area (TPSA) is 43.4 Å². The minimum atomic E-state index is -2.05. The Bertz CT molecular complexity index is 141. The van der Waals surface area contributed by atoms with Crippen molar-refractivity contribution in [2.24, 2.45) is 0 Å². The quantitative estimate of drug-likeness (QED) is 0.601. The van der Waals surface area contributed by atoms with E-state index in [0.29, 0.717) is 6.54 Å². The Labute approximate surface area is 77.6 Å². The average Bonchev–Trinajstić information content (AvgIpc) is 2.03. The van der Waals surface area contributed by atoms with Crippen molar-refractivity contribution in [2.45, 2.75) is 46.1 Å². The third-order valence-corrected chi connectivity index (χ3v) is 2.94. The van der Waals surface area contributed by atoms with Crippen LogP contribution in [0.5, 0.6) is 0 Å². The molecule has 0 aliphatic heterocycles. The van der Waals surface area contributed by atoms with E-state index in [9.17, 15) is 8.76 Å². The summed E-state index contributed by atoms with van der Waals surface area (Å²) < 4.78 is 23.0. The molecule has 2 atom stereocenters. The van der Waals surface area contributed by atoms with Crippen molar-refractivity contribution in [2.75, 3.05) is 6.54 Å². The molecule has 12 heavy (non-hydrogen) atoms. The van der Waals surface area contributed by atoms with Crippen LogP contribution >= 0.6 is 0 Å². The van der Waals surface area contributed by atoms with Crippen LogP contribution in [0.15, 0.2) is 0 Å². The first kappa shape index (κ1) is 12.1. The summed E-state index contributed by atoms with van der Waals surface area (Å²) in [5.74, 6) is 0. The predicted molar refractivity (Wildman–Crippen MR) is 50.3 cm³/mol. The van der Waals surface area contributed by atoms with Crippen molar-refractivity contribution in [3.63, 3.8) is 0 Å². The highest BCUT2D eigenvalue weighted by molar-refractivity contribution is 7.76. The maximum Gasteiger partial charge on any atom is 0.0212 e. The van der Waals surface area contributed by atoms with E-state index in [1.54, 1.807) is 0 Å². The van der Waals surface area contributed by atoms with E-state index in [1.165, 1.54) is 4.31 Å². The largest absolute Gasteiger partial charge is 0.760 e. The molecule has 0 radical (unpaired) electrons. The molecule has 0 amide bonds. The molecule has 4 heteroatoms. The standard InChI is InChI=1S/C8H19NO2S/c1-4-7-8(5-2)9(6-3)12(10)11/h8H,4-7H2,1-3H3,(H,10,11)/p-1. The second kappa shape index (κ2) is 6.57. The lowest BCUT2D eigenvalue weighted by atomic mass is 10.1. The van der Waals surface area contributed by atoms with Crippen LogP contribution in [0.2, 0.25) is 0 Å². The van der Waals surface area contributed by atoms with Crippen molar-refractivity contribution < 1.29 is 8.76 Å². The molecule has 0 aliphatic carbocycles. The third kappa shape index (κ3) is 3.65. The Balaban J connectivity index is 4.12. The van der Waals surface area contributed by atoms with Crippen LogP contribution < -0.4 is 0 Å². The van der Waals surface area contributed by atoms with Gasteiger partial charge in [0.05, 0.1) is 0 Å². The van der Waals surface area contributed by atoms with Crippen LogP contribution in [0.25, 0.3) is 0 Å². The van der Waals surface area contributed by atoms with Crippen LogP contribution in [0, 0.1) is 0 Å². The summed E-state index contributed by atoms with van der Waals surface area (Å²) in [6, 6.07) is 0.193. The van der Waals surface area contributed by atoms with Crippen molar-refractivity contribution >= 4 is 11.3 Å². The maximum atomic E-state index is 10.7. The van der Waals surface area contributed by atoms with Crippen molar-refractivity contribution in [1.82, 2.24) is 4.31 Å². The zero-order valence-electron chi connectivity index (χ0n) is 8.08. The second-order valence-electron chi connectivity index (χ2n) is 2.80. The molecule has 0 N–H and O–H groups in total. The van der Waals surface area contributed by atoms with E-state index in [1.807, 2.05) is 13.8 Å². The predicted octanol–water partition coefficient (Wildman–Crippen LogP) is 1.68. The highest BCUT2D eigenvalue weighted by atomic mass is 32.2. The smallest absolute Gasteiger partial charge is 0.0212 e. The van der Waals surface area contributed by atoms with Gasteiger partial charge in [-0.05, 0) is 12.8 Å². The third-order valence-electron chi connectivity index (χ3n) is 2.00. The monoisotopic (exact) mass is 192 g/mol. The fourth-order valence-corrected chi connectivity index (χ4v) is 2.08. The van der Waals surface area contributed by atoms with Gasteiger partial charge in [-0.1, -0.05) is 27.2 Å². The first-order chi connectivity index (χ1) is 5.67. The molecular weight excluding hydrogens is 174 g/mol. The molecule has 0 aromatic rings. The molecule has 0 aliphatic rings. The van der Waals surface area contributed by atoms with Gasteiger partial charge in [-0.15, -0.1) is 0 Å². The molecule has 0 saturated carbocycles. The zero-order chi connectivity index (χ0) is 9.56. The zero-order valence-corrected chi connectivity index (χ0v) is 8.89. The van der Waals surface area contributed by atoms with Gasteiger partial charge in [0.2, 0.25) is 0 Å². The highest BCUT2D eigenvalue weighted by Gasteiger charge is 2.14. The normalized spacial score (nSPS) is 16.4. The van der Waals surface area contributed by atoms with Crippen LogP contribution in [0.4, 0.5) is 0 Å². The van der Waals surface area contributed by atoms with Gasteiger partial charge in [0, 0.05) is 23.9 Å². The fraction of sp³-hybridized carbons (Fsp3) is 1.00. The first-order valence-electron chi connectivity index (χ1n) is 4.53. The molecule has 0 aromatic carbocycles. The molecule has 0 bridgehead atoms. The number of nitrogens with zero attached hydrogens (tertiary/aromatic N) is 1. The van der Waals surface area contributed by atoms with E-state index < -0.39 is 11.3 Å².